The van der Waals surface area contributed by atoms with Gasteiger partial charge in [-0.25, -0.2) is 9.97 Å². The lowest BCUT2D eigenvalue weighted by atomic mass is 10.1. The lowest BCUT2D eigenvalue weighted by Crippen LogP contribution is -2.23. The zero-order chi connectivity index (χ0) is 22.7. The zero-order valence-corrected chi connectivity index (χ0v) is 19.2. The Morgan fingerprint density at radius 2 is 1.97 bits per heavy atom. The molecule has 2 aromatic carbocycles. The number of hydrogen-bond donors (Lipinski definition) is 1. The number of anilines is 1. The molecule has 0 fully saturated rings. The highest BCUT2D eigenvalue weighted by atomic mass is 79.9. The molecule has 2 heterocycles. The number of hydrogen-bond acceptors (Lipinski definition) is 5. The van der Waals surface area contributed by atoms with Gasteiger partial charge in [0.1, 0.15) is 11.4 Å². The topological polar surface area (TPSA) is 86.1 Å². The third-order valence-electron chi connectivity index (χ3n) is 5.17. The van der Waals surface area contributed by atoms with Gasteiger partial charge in [-0.15, -0.1) is 0 Å². The largest absolute Gasteiger partial charge is 0.437 e. The molecule has 1 amide bonds. The van der Waals surface area contributed by atoms with Crippen molar-refractivity contribution >= 4 is 38.4 Å². The number of halogens is 1. The van der Waals surface area contributed by atoms with Gasteiger partial charge in [0.15, 0.2) is 0 Å². The summed E-state index contributed by atoms with van der Waals surface area (Å²) < 4.78 is 8.20. The molecule has 7 nitrogen and oxygen atoms in total. The summed E-state index contributed by atoms with van der Waals surface area (Å²) in [6.07, 6.45) is 3.17. The van der Waals surface area contributed by atoms with Crippen LogP contribution in [0.15, 0.2) is 70.3 Å². The van der Waals surface area contributed by atoms with Crippen LogP contribution < -0.4 is 15.6 Å². The molecule has 0 saturated carbocycles. The maximum atomic E-state index is 12.7. The maximum Gasteiger partial charge on any atom is 0.261 e. The Morgan fingerprint density at radius 1 is 1.12 bits per heavy atom. The highest BCUT2D eigenvalue weighted by molar-refractivity contribution is 9.10. The van der Waals surface area contributed by atoms with Crippen molar-refractivity contribution in [2.24, 2.45) is 0 Å². The number of pyridine rings is 1. The molecule has 0 radical (unpaired) electrons. The molecule has 4 rings (SSSR count). The molecule has 2 aromatic heterocycles. The number of nitrogens with one attached hydrogen (secondary N) is 1. The molecular weight excluding hydrogens is 472 g/mol. The van der Waals surface area contributed by atoms with Crippen LogP contribution in [0.25, 0.3) is 10.9 Å². The molecule has 0 aliphatic rings. The fourth-order valence-electron chi connectivity index (χ4n) is 3.23. The average Bonchev–Trinajstić information content (AvgIpc) is 2.78. The summed E-state index contributed by atoms with van der Waals surface area (Å²) in [7, 11) is 0. The number of carbonyl (C=O) groups is 1. The second kappa shape index (κ2) is 9.32. The fraction of sp³-hybridized carbons (Fsp3) is 0.167. The second-order valence-corrected chi connectivity index (χ2v) is 8.27. The highest BCUT2D eigenvalue weighted by Crippen LogP contribution is 2.30. The predicted molar refractivity (Wildman–Crippen MR) is 127 cm³/mol. The summed E-state index contributed by atoms with van der Waals surface area (Å²) in [4.78, 5) is 33.9. The summed E-state index contributed by atoms with van der Waals surface area (Å²) in [5, 5.41) is 3.33. The highest BCUT2D eigenvalue weighted by Gasteiger charge is 2.13. The first-order chi connectivity index (χ1) is 15.4. The number of aromatic nitrogens is 3. The van der Waals surface area contributed by atoms with E-state index in [-0.39, 0.29) is 24.4 Å². The Kier molecular flexibility index (Phi) is 6.32. The van der Waals surface area contributed by atoms with Crippen molar-refractivity contribution in [2.45, 2.75) is 26.8 Å². The summed E-state index contributed by atoms with van der Waals surface area (Å²) >= 11 is 3.37. The predicted octanol–water partition coefficient (Wildman–Crippen LogP) is 4.99. The van der Waals surface area contributed by atoms with E-state index in [2.05, 4.69) is 31.2 Å². The van der Waals surface area contributed by atoms with Gasteiger partial charge in [0.25, 0.3) is 5.56 Å². The molecule has 0 unspecified atom stereocenters. The van der Waals surface area contributed by atoms with Crippen molar-refractivity contribution in [3.05, 3.63) is 87.0 Å². The molecule has 4 aromatic rings. The van der Waals surface area contributed by atoms with Crippen molar-refractivity contribution in [3.63, 3.8) is 0 Å². The minimum atomic E-state index is -0.259. The van der Waals surface area contributed by atoms with Gasteiger partial charge < -0.3 is 10.1 Å². The molecule has 0 aliphatic carbocycles. The van der Waals surface area contributed by atoms with Crippen molar-refractivity contribution in [2.75, 3.05) is 5.32 Å². The van der Waals surface area contributed by atoms with E-state index in [1.807, 2.05) is 38.1 Å². The van der Waals surface area contributed by atoms with Crippen LogP contribution in [0.4, 0.5) is 5.69 Å². The molecule has 32 heavy (non-hydrogen) atoms. The fourth-order valence-corrected chi connectivity index (χ4v) is 3.59. The maximum absolute atomic E-state index is 12.7. The summed E-state index contributed by atoms with van der Waals surface area (Å²) in [5.41, 5.74) is 2.99. The Morgan fingerprint density at radius 3 is 2.81 bits per heavy atom. The van der Waals surface area contributed by atoms with E-state index in [0.717, 1.165) is 15.6 Å². The Hall–Kier alpha value is -3.52. The van der Waals surface area contributed by atoms with Gasteiger partial charge in [0.05, 0.1) is 17.2 Å². The molecule has 162 valence electrons. The molecule has 0 saturated heterocycles. The first kappa shape index (κ1) is 21.7. The van der Waals surface area contributed by atoms with E-state index in [4.69, 9.17) is 4.74 Å². The van der Waals surface area contributed by atoms with Gasteiger partial charge in [-0.2, -0.15) is 0 Å². The van der Waals surface area contributed by atoms with Crippen molar-refractivity contribution in [3.8, 4) is 11.6 Å². The van der Waals surface area contributed by atoms with Gasteiger partial charge in [-0.05, 0) is 61.4 Å². The second-order valence-electron chi connectivity index (χ2n) is 7.36. The first-order valence-corrected chi connectivity index (χ1v) is 10.9. The van der Waals surface area contributed by atoms with E-state index in [0.29, 0.717) is 28.2 Å². The summed E-state index contributed by atoms with van der Waals surface area (Å²) in [6, 6.07) is 14.6. The number of ether oxygens (including phenoxy) is 1. The Labute approximate surface area is 193 Å². The van der Waals surface area contributed by atoms with Crippen LogP contribution in [0.2, 0.25) is 0 Å². The molecule has 0 atom stereocenters. The zero-order valence-electron chi connectivity index (χ0n) is 17.6. The van der Waals surface area contributed by atoms with Crippen LogP contribution in [0.5, 0.6) is 11.6 Å². The lowest BCUT2D eigenvalue weighted by molar-refractivity contribution is -0.116. The number of aryl methyl sites for hydroxylation is 2. The van der Waals surface area contributed by atoms with E-state index in [9.17, 15) is 9.59 Å². The molecule has 8 heteroatoms. The third-order valence-corrected chi connectivity index (χ3v) is 5.67. The van der Waals surface area contributed by atoms with Crippen LogP contribution in [-0.4, -0.2) is 20.4 Å². The number of carbonyl (C=O) groups excluding carboxylic acids is 1. The SMILES string of the molecule is Cc1cccc(Oc2ncccc2NC(=O)CCn2cnc3ccc(Br)cc3c2=O)c1C. The lowest BCUT2D eigenvalue weighted by Gasteiger charge is -2.13. The Bertz CT molecular complexity index is 1370. The quantitative estimate of drug-likeness (QED) is 0.409. The van der Waals surface area contributed by atoms with Crippen LogP contribution in [0, 0.1) is 13.8 Å². The summed E-state index contributed by atoms with van der Waals surface area (Å²) in [6.45, 7) is 4.18. The van der Waals surface area contributed by atoms with Crippen molar-refractivity contribution in [1.29, 1.82) is 0 Å². The van der Waals surface area contributed by atoms with Crippen LogP contribution >= 0.6 is 15.9 Å². The average molecular weight is 493 g/mol. The van der Waals surface area contributed by atoms with E-state index < -0.39 is 0 Å². The van der Waals surface area contributed by atoms with Gasteiger partial charge in [0.2, 0.25) is 11.8 Å². The van der Waals surface area contributed by atoms with Gasteiger partial charge in [-0.1, -0.05) is 28.1 Å². The normalized spacial score (nSPS) is 10.8. The molecule has 0 aliphatic heterocycles. The van der Waals surface area contributed by atoms with E-state index in [1.165, 1.54) is 10.9 Å². The van der Waals surface area contributed by atoms with Gasteiger partial charge in [0, 0.05) is 23.6 Å². The van der Waals surface area contributed by atoms with Crippen LogP contribution in [-0.2, 0) is 11.3 Å². The monoisotopic (exact) mass is 492 g/mol. The standard InChI is InChI=1S/C24H21BrN4O3/c1-15-5-3-7-21(16(15)2)32-23-20(6-4-11-26-23)28-22(30)10-12-29-14-27-19-9-8-17(25)13-18(19)24(29)31/h3-9,11,13-14H,10,12H2,1-2H3,(H,28,30). The van der Waals surface area contributed by atoms with Crippen LogP contribution in [0.3, 0.4) is 0 Å². The molecule has 1 N–H and O–H groups in total. The number of rotatable bonds is 6. The Balaban J connectivity index is 1.47. The van der Waals surface area contributed by atoms with Gasteiger partial charge >= 0.3 is 0 Å². The van der Waals surface area contributed by atoms with Crippen molar-refractivity contribution < 1.29 is 9.53 Å². The first-order valence-electron chi connectivity index (χ1n) is 10.1. The van der Waals surface area contributed by atoms with Crippen molar-refractivity contribution in [1.82, 2.24) is 14.5 Å². The van der Waals surface area contributed by atoms with Crippen LogP contribution in [0.1, 0.15) is 17.5 Å². The smallest absolute Gasteiger partial charge is 0.261 e. The number of fused-ring (bicyclic) bond motifs is 1. The minimum Gasteiger partial charge on any atom is -0.437 e. The molecular formula is C24H21BrN4O3. The van der Waals surface area contributed by atoms with E-state index in [1.54, 1.807) is 30.5 Å². The van der Waals surface area contributed by atoms with E-state index >= 15 is 0 Å². The number of benzene rings is 2. The molecule has 0 bridgehead atoms. The third kappa shape index (κ3) is 4.70. The minimum absolute atomic E-state index is 0.0961. The number of amides is 1. The number of nitrogens with zero attached hydrogens (tertiary/aromatic N) is 3. The summed E-state index contributed by atoms with van der Waals surface area (Å²) in [5.74, 6) is 0.730. The molecule has 0 spiro atoms. The van der Waals surface area contributed by atoms with Gasteiger partial charge in [-0.3, -0.25) is 14.2 Å².